The zero-order chi connectivity index (χ0) is 13.0. The molecule has 0 fully saturated rings. The molecule has 0 aliphatic carbocycles. The van der Waals surface area contributed by atoms with E-state index in [9.17, 15) is 0 Å². The minimum atomic E-state index is 0.777. The van der Waals surface area contributed by atoms with E-state index in [1.165, 1.54) is 18.4 Å². The van der Waals surface area contributed by atoms with Gasteiger partial charge in [0.05, 0.1) is 17.6 Å². The van der Waals surface area contributed by atoms with E-state index >= 15 is 0 Å². The Hall–Kier alpha value is -1.35. The predicted octanol–water partition coefficient (Wildman–Crippen LogP) is 3.10. The second-order valence-electron chi connectivity index (χ2n) is 4.89. The number of imidazole rings is 1. The third kappa shape index (κ3) is 2.72. The summed E-state index contributed by atoms with van der Waals surface area (Å²) in [4.78, 5) is 4.66. The van der Waals surface area contributed by atoms with Gasteiger partial charge in [-0.15, -0.1) is 0 Å². The molecule has 1 aromatic heterocycles. The van der Waals surface area contributed by atoms with Crippen LogP contribution in [0.1, 0.15) is 32.5 Å². The normalized spacial score (nSPS) is 11.6. The number of aromatic nitrogens is 2. The average Bonchev–Trinajstić information content (AvgIpc) is 2.72. The molecule has 0 amide bonds. The summed E-state index contributed by atoms with van der Waals surface area (Å²) in [5.41, 5.74) is 2.29. The lowest BCUT2D eigenvalue weighted by atomic mass is 10.0. The van der Waals surface area contributed by atoms with E-state index < -0.39 is 0 Å². The van der Waals surface area contributed by atoms with Gasteiger partial charge >= 0.3 is 0 Å². The number of rotatable bonds is 6. The van der Waals surface area contributed by atoms with Crippen LogP contribution in [0.25, 0.3) is 11.0 Å². The van der Waals surface area contributed by atoms with E-state index in [1.807, 2.05) is 6.07 Å². The number of para-hydroxylation sites is 2. The molecule has 0 aliphatic rings. The van der Waals surface area contributed by atoms with Crippen LogP contribution in [-0.2, 0) is 13.6 Å². The molecule has 1 aromatic carbocycles. The maximum absolute atomic E-state index is 4.66. The van der Waals surface area contributed by atoms with Crippen molar-refractivity contribution in [2.24, 2.45) is 13.0 Å². The summed E-state index contributed by atoms with van der Waals surface area (Å²) in [7, 11) is 2.09. The quantitative estimate of drug-likeness (QED) is 0.847. The van der Waals surface area contributed by atoms with Crippen LogP contribution in [0.3, 0.4) is 0 Å². The van der Waals surface area contributed by atoms with Crippen LogP contribution in [0.2, 0.25) is 0 Å². The summed E-state index contributed by atoms with van der Waals surface area (Å²) < 4.78 is 2.18. The van der Waals surface area contributed by atoms with Crippen LogP contribution in [-0.4, -0.2) is 16.1 Å². The molecule has 0 aliphatic heterocycles. The Morgan fingerprint density at radius 1 is 1.22 bits per heavy atom. The molecule has 0 spiro atoms. The highest BCUT2D eigenvalue weighted by Gasteiger charge is 2.07. The lowest BCUT2D eigenvalue weighted by molar-refractivity contribution is 0.444. The number of hydrogen-bond acceptors (Lipinski definition) is 2. The minimum Gasteiger partial charge on any atom is -0.330 e. The number of hydrogen-bond donors (Lipinski definition) is 1. The molecule has 3 heteroatoms. The van der Waals surface area contributed by atoms with Gasteiger partial charge in [-0.05, 0) is 24.6 Å². The second kappa shape index (κ2) is 6.01. The molecule has 0 bridgehead atoms. The Bertz CT molecular complexity index is 497. The summed E-state index contributed by atoms with van der Waals surface area (Å²) in [6.07, 6.45) is 2.48. The Kier molecular flexibility index (Phi) is 4.37. The molecule has 0 radical (unpaired) electrons. The Balaban J connectivity index is 2.01. The van der Waals surface area contributed by atoms with Gasteiger partial charge in [0.25, 0.3) is 0 Å². The zero-order valence-corrected chi connectivity index (χ0v) is 11.6. The predicted molar refractivity (Wildman–Crippen MR) is 76.5 cm³/mol. The number of fused-ring (bicyclic) bond motifs is 1. The maximum atomic E-state index is 4.66. The van der Waals surface area contributed by atoms with Gasteiger partial charge in [-0.3, -0.25) is 0 Å². The summed E-state index contributed by atoms with van der Waals surface area (Å²) in [5.74, 6) is 1.89. The van der Waals surface area contributed by atoms with E-state index in [4.69, 9.17) is 0 Å². The first-order chi connectivity index (χ1) is 8.76. The van der Waals surface area contributed by atoms with E-state index in [0.717, 1.165) is 30.3 Å². The van der Waals surface area contributed by atoms with Crippen molar-refractivity contribution in [1.82, 2.24) is 14.9 Å². The number of benzene rings is 1. The largest absolute Gasteiger partial charge is 0.330 e. The van der Waals surface area contributed by atoms with Crippen LogP contribution in [0.15, 0.2) is 24.3 Å². The Morgan fingerprint density at radius 3 is 2.61 bits per heavy atom. The van der Waals surface area contributed by atoms with E-state index in [2.05, 4.69) is 54.0 Å². The van der Waals surface area contributed by atoms with Crippen molar-refractivity contribution in [3.8, 4) is 0 Å². The molecule has 2 rings (SSSR count). The molecule has 0 unspecified atom stereocenters. The fourth-order valence-electron chi connectivity index (χ4n) is 2.32. The maximum Gasteiger partial charge on any atom is 0.123 e. The molecular formula is C15H23N3. The molecule has 1 heterocycles. The van der Waals surface area contributed by atoms with Crippen molar-refractivity contribution >= 4 is 11.0 Å². The van der Waals surface area contributed by atoms with Crippen molar-refractivity contribution in [2.75, 3.05) is 6.54 Å². The van der Waals surface area contributed by atoms with Crippen molar-refractivity contribution in [1.29, 1.82) is 0 Å². The highest BCUT2D eigenvalue weighted by Crippen LogP contribution is 2.14. The van der Waals surface area contributed by atoms with Gasteiger partial charge in [-0.2, -0.15) is 0 Å². The second-order valence-corrected chi connectivity index (χ2v) is 4.89. The molecule has 1 N–H and O–H groups in total. The van der Waals surface area contributed by atoms with Gasteiger partial charge in [-0.25, -0.2) is 4.98 Å². The first-order valence-corrected chi connectivity index (χ1v) is 6.87. The molecule has 3 nitrogen and oxygen atoms in total. The number of nitrogens with one attached hydrogen (secondary N) is 1. The molecule has 0 saturated heterocycles. The fraction of sp³-hybridized carbons (Fsp3) is 0.533. The first kappa shape index (κ1) is 13.1. The number of aryl methyl sites for hydroxylation is 1. The molecule has 98 valence electrons. The van der Waals surface area contributed by atoms with Crippen LogP contribution >= 0.6 is 0 Å². The molecule has 18 heavy (non-hydrogen) atoms. The van der Waals surface area contributed by atoms with Crippen LogP contribution < -0.4 is 5.32 Å². The monoisotopic (exact) mass is 245 g/mol. The van der Waals surface area contributed by atoms with Crippen molar-refractivity contribution in [3.63, 3.8) is 0 Å². The molecule has 0 atom stereocenters. The van der Waals surface area contributed by atoms with Crippen molar-refractivity contribution < 1.29 is 0 Å². The third-order valence-corrected chi connectivity index (χ3v) is 3.75. The van der Waals surface area contributed by atoms with Crippen LogP contribution in [0.5, 0.6) is 0 Å². The summed E-state index contributed by atoms with van der Waals surface area (Å²) in [5, 5.41) is 3.52. The van der Waals surface area contributed by atoms with Gasteiger partial charge in [0.1, 0.15) is 5.82 Å². The SMILES string of the molecule is CCC(CC)CNCc1nc2ccccc2n1C. The number of nitrogens with zero attached hydrogens (tertiary/aromatic N) is 2. The molecule has 0 saturated carbocycles. The van der Waals surface area contributed by atoms with Gasteiger partial charge in [0.15, 0.2) is 0 Å². The topological polar surface area (TPSA) is 29.9 Å². The van der Waals surface area contributed by atoms with Gasteiger partial charge in [0.2, 0.25) is 0 Å². The van der Waals surface area contributed by atoms with E-state index in [1.54, 1.807) is 0 Å². The van der Waals surface area contributed by atoms with Crippen LogP contribution in [0, 0.1) is 5.92 Å². The summed E-state index contributed by atoms with van der Waals surface area (Å²) in [6.45, 7) is 6.44. The smallest absolute Gasteiger partial charge is 0.123 e. The Morgan fingerprint density at radius 2 is 1.94 bits per heavy atom. The van der Waals surface area contributed by atoms with Gasteiger partial charge < -0.3 is 9.88 Å². The van der Waals surface area contributed by atoms with Crippen molar-refractivity contribution in [2.45, 2.75) is 33.2 Å². The summed E-state index contributed by atoms with van der Waals surface area (Å²) >= 11 is 0. The average molecular weight is 245 g/mol. The fourth-order valence-corrected chi connectivity index (χ4v) is 2.32. The van der Waals surface area contributed by atoms with Gasteiger partial charge in [-0.1, -0.05) is 38.8 Å². The van der Waals surface area contributed by atoms with Gasteiger partial charge in [0, 0.05) is 7.05 Å². The minimum absolute atomic E-state index is 0.777. The standard InChI is InChI=1S/C15H23N3/c1-4-12(5-2)10-16-11-15-17-13-8-6-7-9-14(13)18(15)3/h6-9,12,16H,4-5,10-11H2,1-3H3. The van der Waals surface area contributed by atoms with Crippen molar-refractivity contribution in [3.05, 3.63) is 30.1 Å². The molecule has 2 aromatic rings. The van der Waals surface area contributed by atoms with E-state index in [0.29, 0.717) is 0 Å². The highest BCUT2D eigenvalue weighted by molar-refractivity contribution is 5.75. The lowest BCUT2D eigenvalue weighted by Gasteiger charge is -2.12. The van der Waals surface area contributed by atoms with E-state index in [-0.39, 0.29) is 0 Å². The van der Waals surface area contributed by atoms with Crippen LogP contribution in [0.4, 0.5) is 0 Å². The molecular weight excluding hydrogens is 222 g/mol. The zero-order valence-electron chi connectivity index (χ0n) is 11.6. The lowest BCUT2D eigenvalue weighted by Crippen LogP contribution is -2.23. The highest BCUT2D eigenvalue weighted by atomic mass is 15.1. The summed E-state index contributed by atoms with van der Waals surface area (Å²) in [6, 6.07) is 8.29. The third-order valence-electron chi connectivity index (χ3n) is 3.75. The Labute approximate surface area is 109 Å². The first-order valence-electron chi connectivity index (χ1n) is 6.87.